The molecule has 0 aliphatic heterocycles. The highest BCUT2D eigenvalue weighted by molar-refractivity contribution is 5.54. The summed E-state index contributed by atoms with van der Waals surface area (Å²) in [4.78, 5) is 0. The van der Waals surface area contributed by atoms with Crippen LogP contribution in [0.5, 0.6) is 0 Å². The third-order valence-electron chi connectivity index (χ3n) is 3.23. The van der Waals surface area contributed by atoms with Crippen molar-refractivity contribution in [3.8, 4) is 0 Å². The minimum Gasteiger partial charge on any atom is -0.394 e. The molecule has 0 radical (unpaired) electrons. The zero-order valence-corrected chi connectivity index (χ0v) is 12.4. The van der Waals surface area contributed by atoms with Crippen molar-refractivity contribution >= 4 is 5.69 Å². The van der Waals surface area contributed by atoms with Crippen LogP contribution >= 0.6 is 0 Å². The van der Waals surface area contributed by atoms with E-state index in [1.54, 1.807) is 4.68 Å². The number of rotatable bonds is 5. The molecule has 1 heterocycles. The van der Waals surface area contributed by atoms with E-state index in [4.69, 9.17) is 5.11 Å². The molecule has 0 aliphatic rings. The first-order valence-electron chi connectivity index (χ1n) is 6.96. The molecule has 4 nitrogen and oxygen atoms in total. The Morgan fingerprint density at radius 1 is 1.25 bits per heavy atom. The van der Waals surface area contributed by atoms with E-state index in [-0.39, 0.29) is 12.0 Å². The Kier molecular flexibility index (Phi) is 4.45. The number of anilines is 1. The van der Waals surface area contributed by atoms with Gasteiger partial charge in [-0.15, -0.1) is 0 Å². The Labute approximate surface area is 120 Å². The summed E-state index contributed by atoms with van der Waals surface area (Å²) < 4.78 is 1.76. The fourth-order valence-corrected chi connectivity index (χ4v) is 2.21. The number of nitrogens with one attached hydrogen (secondary N) is 1. The van der Waals surface area contributed by atoms with Gasteiger partial charge in [-0.3, -0.25) is 4.68 Å². The molecule has 2 N–H and O–H groups in total. The minimum absolute atomic E-state index is 0.113. The molecule has 0 spiro atoms. The molecule has 0 fully saturated rings. The van der Waals surface area contributed by atoms with Crippen LogP contribution in [0.2, 0.25) is 0 Å². The summed E-state index contributed by atoms with van der Waals surface area (Å²) in [5, 5.41) is 16.6. The zero-order chi connectivity index (χ0) is 14.6. The van der Waals surface area contributed by atoms with Gasteiger partial charge in [-0.1, -0.05) is 39.0 Å². The lowest BCUT2D eigenvalue weighted by atomic mass is 9.86. The lowest BCUT2D eigenvalue weighted by molar-refractivity contribution is 0.269. The molecule has 0 bridgehead atoms. The maximum atomic E-state index is 8.89. The van der Waals surface area contributed by atoms with Gasteiger partial charge in [-0.25, -0.2) is 0 Å². The van der Waals surface area contributed by atoms with E-state index in [1.807, 2.05) is 18.5 Å². The van der Waals surface area contributed by atoms with Crippen LogP contribution in [0.1, 0.15) is 31.9 Å². The minimum atomic E-state index is 0.113. The molecule has 0 saturated carbocycles. The number of hydrogen-bond acceptors (Lipinski definition) is 3. The van der Waals surface area contributed by atoms with E-state index in [0.717, 1.165) is 17.8 Å². The molecule has 0 aliphatic carbocycles. The largest absolute Gasteiger partial charge is 0.394 e. The molecule has 1 aromatic carbocycles. The van der Waals surface area contributed by atoms with Crippen molar-refractivity contribution in [2.45, 2.75) is 39.3 Å². The van der Waals surface area contributed by atoms with Gasteiger partial charge in [-0.05, 0) is 17.0 Å². The molecule has 2 aromatic rings. The van der Waals surface area contributed by atoms with Crippen molar-refractivity contribution in [2.75, 3.05) is 11.9 Å². The number of hydrogen-bond donors (Lipinski definition) is 2. The predicted octanol–water partition coefficient (Wildman–Crippen LogP) is 2.79. The van der Waals surface area contributed by atoms with Gasteiger partial charge in [0.1, 0.15) is 0 Å². The maximum absolute atomic E-state index is 8.89. The second-order valence-corrected chi connectivity index (χ2v) is 5.98. The first-order chi connectivity index (χ1) is 9.50. The van der Waals surface area contributed by atoms with Crippen LogP contribution in [0.25, 0.3) is 0 Å². The monoisotopic (exact) mass is 273 g/mol. The van der Waals surface area contributed by atoms with E-state index < -0.39 is 0 Å². The molecule has 4 heteroatoms. The van der Waals surface area contributed by atoms with Crippen molar-refractivity contribution in [1.82, 2.24) is 9.78 Å². The smallest absolute Gasteiger partial charge is 0.0640 e. The maximum Gasteiger partial charge on any atom is 0.0640 e. The van der Waals surface area contributed by atoms with Gasteiger partial charge < -0.3 is 10.4 Å². The molecule has 0 unspecified atom stereocenters. The Balaban J connectivity index is 2.07. The van der Waals surface area contributed by atoms with E-state index >= 15 is 0 Å². The molecule has 1 aromatic heterocycles. The fourth-order valence-electron chi connectivity index (χ4n) is 2.21. The highest BCUT2D eigenvalue weighted by Crippen LogP contribution is 2.29. The van der Waals surface area contributed by atoms with Crippen LogP contribution < -0.4 is 5.32 Å². The summed E-state index contributed by atoms with van der Waals surface area (Å²) in [6.45, 7) is 8.03. The molecule has 108 valence electrons. The quantitative estimate of drug-likeness (QED) is 0.880. The van der Waals surface area contributed by atoms with Crippen molar-refractivity contribution in [2.24, 2.45) is 0 Å². The normalized spacial score (nSPS) is 11.6. The number of aliphatic hydroxyl groups excluding tert-OH is 1. The topological polar surface area (TPSA) is 50.1 Å². The van der Waals surface area contributed by atoms with E-state index in [0.29, 0.717) is 6.54 Å². The molecular weight excluding hydrogens is 250 g/mol. The van der Waals surface area contributed by atoms with Crippen LogP contribution in [0.4, 0.5) is 5.69 Å². The summed E-state index contributed by atoms with van der Waals surface area (Å²) in [6, 6.07) is 8.40. The number of nitrogens with zero attached hydrogens (tertiary/aromatic N) is 2. The Morgan fingerprint density at radius 2 is 2.00 bits per heavy atom. The molecule has 0 saturated heterocycles. The summed E-state index contributed by atoms with van der Waals surface area (Å²) in [5.41, 5.74) is 3.70. The zero-order valence-electron chi connectivity index (χ0n) is 12.4. The third kappa shape index (κ3) is 3.61. The van der Waals surface area contributed by atoms with Crippen molar-refractivity contribution in [1.29, 1.82) is 0 Å². The molecule has 2 rings (SSSR count). The van der Waals surface area contributed by atoms with E-state index in [2.05, 4.69) is 49.4 Å². The first-order valence-corrected chi connectivity index (χ1v) is 6.96. The van der Waals surface area contributed by atoms with Crippen LogP contribution in [0.15, 0.2) is 36.7 Å². The highest BCUT2D eigenvalue weighted by Gasteiger charge is 2.17. The number of benzene rings is 1. The molecular formula is C16H23N3O. The van der Waals surface area contributed by atoms with Crippen molar-refractivity contribution in [3.05, 3.63) is 47.8 Å². The average Bonchev–Trinajstić information content (AvgIpc) is 2.84. The van der Waals surface area contributed by atoms with Gasteiger partial charge >= 0.3 is 0 Å². The van der Waals surface area contributed by atoms with Gasteiger partial charge in [0.2, 0.25) is 0 Å². The van der Waals surface area contributed by atoms with Crippen molar-refractivity contribution in [3.63, 3.8) is 0 Å². The Hall–Kier alpha value is -1.81. The van der Waals surface area contributed by atoms with Gasteiger partial charge in [0.25, 0.3) is 0 Å². The third-order valence-corrected chi connectivity index (χ3v) is 3.23. The summed E-state index contributed by atoms with van der Waals surface area (Å²) >= 11 is 0. The number of para-hydroxylation sites is 1. The Morgan fingerprint density at radius 3 is 2.70 bits per heavy atom. The van der Waals surface area contributed by atoms with Crippen LogP contribution in [0, 0.1) is 0 Å². The average molecular weight is 273 g/mol. The number of aliphatic hydroxyl groups is 1. The number of aromatic nitrogens is 2. The van der Waals surface area contributed by atoms with Gasteiger partial charge in [0.05, 0.1) is 19.3 Å². The van der Waals surface area contributed by atoms with Crippen LogP contribution in [-0.2, 0) is 18.5 Å². The van der Waals surface area contributed by atoms with Gasteiger partial charge in [0.15, 0.2) is 0 Å². The SMILES string of the molecule is CC(C)(C)c1ccccc1NCc1cnn(CCO)c1. The second kappa shape index (κ2) is 6.09. The first kappa shape index (κ1) is 14.6. The lowest BCUT2D eigenvalue weighted by Crippen LogP contribution is -2.14. The Bertz CT molecular complexity index is 555. The van der Waals surface area contributed by atoms with Crippen molar-refractivity contribution < 1.29 is 5.11 Å². The summed E-state index contributed by atoms with van der Waals surface area (Å²) in [5.74, 6) is 0. The van der Waals surface area contributed by atoms with E-state index in [9.17, 15) is 0 Å². The van der Waals surface area contributed by atoms with Crippen LogP contribution in [0.3, 0.4) is 0 Å². The molecule has 0 atom stereocenters. The predicted molar refractivity (Wildman–Crippen MR) is 81.8 cm³/mol. The highest BCUT2D eigenvalue weighted by atomic mass is 16.3. The molecule has 0 amide bonds. The second-order valence-electron chi connectivity index (χ2n) is 5.98. The fraction of sp³-hybridized carbons (Fsp3) is 0.438. The lowest BCUT2D eigenvalue weighted by Gasteiger charge is -2.23. The summed E-state index contributed by atoms with van der Waals surface area (Å²) in [7, 11) is 0. The summed E-state index contributed by atoms with van der Waals surface area (Å²) in [6.07, 6.45) is 3.80. The van der Waals surface area contributed by atoms with E-state index in [1.165, 1.54) is 5.56 Å². The van der Waals surface area contributed by atoms with Gasteiger partial charge in [-0.2, -0.15) is 5.10 Å². The van der Waals surface area contributed by atoms with Gasteiger partial charge in [0, 0.05) is 24.0 Å². The van der Waals surface area contributed by atoms with Crippen LogP contribution in [-0.4, -0.2) is 21.5 Å². The standard InChI is InChI=1S/C16H23N3O/c1-16(2,3)14-6-4-5-7-15(14)17-10-13-11-18-19(12-13)8-9-20/h4-7,11-12,17,20H,8-10H2,1-3H3. The molecule has 20 heavy (non-hydrogen) atoms.